The molecular weight excluding hydrogens is 637 g/mol. The predicted octanol–water partition coefficient (Wildman–Crippen LogP) is 7.66. The number of rotatable bonds is 31. The molecule has 0 aromatic rings. The maximum absolute atomic E-state index is 12.0. The molecule has 0 spiro atoms. The van der Waals surface area contributed by atoms with Crippen molar-refractivity contribution in [3.8, 4) is 0 Å². The van der Waals surface area contributed by atoms with Gasteiger partial charge in [0.1, 0.15) is 12.7 Å². The quantitative estimate of drug-likeness (QED) is 0.0244. The molecule has 0 bridgehead atoms. The van der Waals surface area contributed by atoms with E-state index in [2.05, 4.69) is 82.0 Å². The molecule has 0 aliphatic carbocycles. The summed E-state index contributed by atoms with van der Waals surface area (Å²) in [5, 5.41) is 21.2. The summed E-state index contributed by atoms with van der Waals surface area (Å²) < 4.78 is 26.3. The zero-order chi connectivity index (χ0) is 35.7. The molecule has 48 heavy (non-hydrogen) atoms. The van der Waals surface area contributed by atoms with E-state index in [0.717, 1.165) is 64.2 Å². The molecule has 3 atom stereocenters. The summed E-state index contributed by atoms with van der Waals surface area (Å²) in [6, 6.07) is -1.54. The number of aliphatic hydroxyl groups excluding tert-OH is 1. The van der Waals surface area contributed by atoms with Crippen LogP contribution in [-0.2, 0) is 32.7 Å². The summed E-state index contributed by atoms with van der Waals surface area (Å²) in [6.07, 6.45) is 34.8. The largest absolute Gasteiger partial charge is 0.480 e. The highest BCUT2D eigenvalue weighted by Gasteiger charge is 2.28. The topological polar surface area (TPSA) is 169 Å². The van der Waals surface area contributed by atoms with Crippen LogP contribution in [0.5, 0.6) is 0 Å². The van der Waals surface area contributed by atoms with Gasteiger partial charge in [0.05, 0.1) is 13.2 Å². The zero-order valence-electron chi connectivity index (χ0n) is 29.0. The second kappa shape index (κ2) is 31.4. The number of carboxylic acid groups (broad SMARTS) is 1. The number of allylic oxidation sites excluding steroid dienone is 10. The number of phosphoric acid groups is 1. The van der Waals surface area contributed by atoms with Crippen LogP contribution in [0.3, 0.4) is 0 Å². The lowest BCUT2D eigenvalue weighted by molar-refractivity contribution is -0.147. The summed E-state index contributed by atoms with van der Waals surface area (Å²) in [6.45, 7) is 1.96. The number of ether oxygens (including phenoxy) is 1. The summed E-state index contributed by atoms with van der Waals surface area (Å²) in [4.78, 5) is 44.5. The van der Waals surface area contributed by atoms with Crippen molar-refractivity contribution in [3.63, 3.8) is 0 Å². The van der Waals surface area contributed by atoms with Crippen LogP contribution in [0.4, 0.5) is 0 Å². The number of nitrogens with one attached hydrogen (secondary N) is 1. The van der Waals surface area contributed by atoms with Gasteiger partial charge in [-0.25, -0.2) is 9.36 Å². The number of aliphatic carboxylic acids is 1. The van der Waals surface area contributed by atoms with E-state index in [9.17, 15) is 28.9 Å². The first-order valence-corrected chi connectivity index (χ1v) is 18.8. The van der Waals surface area contributed by atoms with E-state index in [0.29, 0.717) is 12.8 Å². The molecule has 0 aromatic carbocycles. The third-order valence-corrected chi connectivity index (χ3v) is 7.74. The average Bonchev–Trinajstić information content (AvgIpc) is 3.05. The van der Waals surface area contributed by atoms with Crippen LogP contribution in [0.25, 0.3) is 0 Å². The summed E-state index contributed by atoms with van der Waals surface area (Å²) >= 11 is 0. The lowest BCUT2D eigenvalue weighted by atomic mass is 10.1. The van der Waals surface area contributed by atoms with Gasteiger partial charge < -0.3 is 25.2 Å². The van der Waals surface area contributed by atoms with E-state index in [1.54, 1.807) is 6.92 Å². The van der Waals surface area contributed by atoms with Crippen molar-refractivity contribution in [1.29, 1.82) is 0 Å². The Labute approximate surface area is 287 Å². The number of unbranched alkanes of at least 4 members (excludes halogenated alkanes) is 7. The van der Waals surface area contributed by atoms with Gasteiger partial charge in [-0.15, -0.1) is 0 Å². The Morgan fingerprint density at radius 3 is 1.73 bits per heavy atom. The van der Waals surface area contributed by atoms with Crippen LogP contribution in [0.15, 0.2) is 60.8 Å². The summed E-state index contributed by atoms with van der Waals surface area (Å²) in [7, 11) is -4.72. The van der Waals surface area contributed by atoms with Crippen molar-refractivity contribution in [2.75, 3.05) is 19.8 Å². The van der Waals surface area contributed by atoms with Crippen LogP contribution in [0.2, 0.25) is 0 Å². The Hall–Kier alpha value is -2.82. The van der Waals surface area contributed by atoms with Gasteiger partial charge in [0.15, 0.2) is 6.04 Å². The number of carboxylic acids is 1. The molecule has 0 heterocycles. The third-order valence-electron chi connectivity index (χ3n) is 6.79. The zero-order valence-corrected chi connectivity index (χ0v) is 29.9. The maximum Gasteiger partial charge on any atom is 0.472 e. The molecule has 4 N–H and O–H groups in total. The van der Waals surface area contributed by atoms with E-state index in [4.69, 9.17) is 9.84 Å². The van der Waals surface area contributed by atoms with Gasteiger partial charge in [0.2, 0.25) is 5.91 Å². The fourth-order valence-corrected chi connectivity index (χ4v) is 4.92. The first kappa shape index (κ1) is 45.2. The number of esters is 1. The lowest BCUT2D eigenvalue weighted by Gasteiger charge is -2.18. The first-order valence-electron chi connectivity index (χ1n) is 17.3. The van der Waals surface area contributed by atoms with Gasteiger partial charge in [-0.05, 0) is 57.8 Å². The summed E-state index contributed by atoms with van der Waals surface area (Å²) in [5.41, 5.74) is 0. The second-order valence-corrected chi connectivity index (χ2v) is 12.8. The average molecular weight is 698 g/mol. The van der Waals surface area contributed by atoms with E-state index in [1.165, 1.54) is 12.8 Å². The Morgan fingerprint density at radius 1 is 0.688 bits per heavy atom. The van der Waals surface area contributed by atoms with Gasteiger partial charge in [-0.1, -0.05) is 107 Å². The van der Waals surface area contributed by atoms with Gasteiger partial charge in [0.25, 0.3) is 0 Å². The number of phosphoric ester groups is 1. The minimum atomic E-state index is -4.72. The van der Waals surface area contributed by atoms with Crippen LogP contribution in [-0.4, -0.2) is 64.9 Å². The Morgan fingerprint density at radius 2 is 1.19 bits per heavy atom. The van der Waals surface area contributed by atoms with Crippen molar-refractivity contribution in [3.05, 3.63) is 60.8 Å². The number of carbonyl (C=O) groups excluding carboxylic acids is 2. The van der Waals surface area contributed by atoms with Crippen LogP contribution >= 0.6 is 7.82 Å². The lowest BCUT2D eigenvalue weighted by Crippen LogP contribution is -2.43. The van der Waals surface area contributed by atoms with Crippen molar-refractivity contribution in [1.82, 2.24) is 5.32 Å². The van der Waals surface area contributed by atoms with Crippen LogP contribution < -0.4 is 5.32 Å². The molecule has 0 saturated heterocycles. The number of carbonyl (C=O) groups is 3. The summed E-state index contributed by atoms with van der Waals surface area (Å²) in [5.74, 6) is -2.47. The van der Waals surface area contributed by atoms with Crippen molar-refractivity contribution < 1.29 is 47.8 Å². The molecule has 0 aliphatic heterocycles. The Balaban J connectivity index is 3.77. The molecule has 3 unspecified atom stereocenters. The minimum Gasteiger partial charge on any atom is -0.480 e. The highest BCUT2D eigenvalue weighted by molar-refractivity contribution is 7.47. The molecule has 12 heteroatoms. The fourth-order valence-electron chi connectivity index (χ4n) is 4.15. The normalized spacial score (nSPS) is 14.8. The fraction of sp³-hybridized carbons (Fsp3) is 0.639. The molecule has 0 saturated carbocycles. The molecule has 0 rings (SSSR count). The standard InChI is InChI=1S/C36H60NO10P/c1-3-5-6-7-8-9-10-11-12-13-14-15-16-17-18-19-20-21-22-23-24-25-26-28-35(40)45-29-32(38)30-46-48(43,44)47-31-33(36(41)42)37-34(39)27-4-2/h5-6,8-9,11-12,14-15,17-18,32-33,38H,3-4,7,10,13,16,19-31H2,1-2H3,(H,37,39)(H,41,42)(H,43,44)/b6-5-,9-8-,12-11-,15-14-,18-17-. The van der Waals surface area contributed by atoms with Crippen molar-refractivity contribution >= 4 is 25.7 Å². The molecule has 0 radical (unpaired) electrons. The van der Waals surface area contributed by atoms with Crippen molar-refractivity contribution in [2.24, 2.45) is 0 Å². The van der Waals surface area contributed by atoms with Crippen LogP contribution in [0.1, 0.15) is 117 Å². The Kier molecular flexibility index (Phi) is 29.6. The minimum absolute atomic E-state index is 0.0927. The monoisotopic (exact) mass is 697 g/mol. The molecule has 0 fully saturated rings. The molecule has 274 valence electrons. The first-order chi connectivity index (χ1) is 23.1. The maximum atomic E-state index is 12.0. The van der Waals surface area contributed by atoms with E-state index >= 15 is 0 Å². The number of hydrogen-bond acceptors (Lipinski definition) is 8. The highest BCUT2D eigenvalue weighted by atomic mass is 31.2. The van der Waals surface area contributed by atoms with E-state index in [-0.39, 0.29) is 12.8 Å². The van der Waals surface area contributed by atoms with Gasteiger partial charge in [-0.2, -0.15) is 0 Å². The van der Waals surface area contributed by atoms with Gasteiger partial charge >= 0.3 is 19.8 Å². The Bertz CT molecular complexity index is 1050. The molecule has 1 amide bonds. The smallest absolute Gasteiger partial charge is 0.472 e. The van der Waals surface area contributed by atoms with Gasteiger partial charge in [-0.3, -0.25) is 18.6 Å². The van der Waals surface area contributed by atoms with E-state index < -0.39 is 57.6 Å². The van der Waals surface area contributed by atoms with E-state index in [1.807, 2.05) is 0 Å². The van der Waals surface area contributed by atoms with Gasteiger partial charge in [0, 0.05) is 12.8 Å². The number of aliphatic hydroxyl groups is 1. The third kappa shape index (κ3) is 30.5. The SMILES string of the molecule is CC/C=C\C/C=C\C/C=C\C/C=C\C/C=C\CCCCCCCCCC(=O)OCC(O)COP(=O)(O)OCC(NC(=O)CCC)C(=O)O. The molecule has 0 aliphatic rings. The predicted molar refractivity (Wildman–Crippen MR) is 189 cm³/mol. The van der Waals surface area contributed by atoms with Crippen LogP contribution in [0, 0.1) is 0 Å². The molecule has 0 aromatic heterocycles. The second-order valence-electron chi connectivity index (χ2n) is 11.3. The van der Waals surface area contributed by atoms with Crippen molar-refractivity contribution in [2.45, 2.75) is 129 Å². The highest BCUT2D eigenvalue weighted by Crippen LogP contribution is 2.43. The number of amides is 1. The molecule has 11 nitrogen and oxygen atoms in total. The molecular formula is C36H60NO10P. The number of hydrogen-bond donors (Lipinski definition) is 4.